The Hall–Kier alpha value is -2.29. The van der Waals surface area contributed by atoms with Crippen molar-refractivity contribution < 1.29 is 18.5 Å². The molecule has 1 amide bonds. The minimum atomic E-state index is -3.48. The van der Waals surface area contributed by atoms with E-state index in [1.807, 2.05) is 23.5 Å². The van der Waals surface area contributed by atoms with Crippen LogP contribution in [0.3, 0.4) is 0 Å². The maximum absolute atomic E-state index is 12.6. The minimum absolute atomic E-state index is 0.0256. The molecule has 0 saturated carbocycles. The molecule has 8 heteroatoms. The van der Waals surface area contributed by atoms with E-state index in [1.54, 1.807) is 41.4 Å². The number of hydrogen-bond donors (Lipinski definition) is 1. The Balaban J connectivity index is 1.48. The predicted molar refractivity (Wildman–Crippen MR) is 96.5 cm³/mol. The van der Waals surface area contributed by atoms with Gasteiger partial charge in [0.15, 0.2) is 6.54 Å². The first-order chi connectivity index (χ1) is 12.6. The quantitative estimate of drug-likeness (QED) is 0.750. The summed E-state index contributed by atoms with van der Waals surface area (Å²) in [6.45, 7) is 2.47. The van der Waals surface area contributed by atoms with Crippen molar-refractivity contribution >= 4 is 15.9 Å². The smallest absolute Gasteiger partial charge is 0.277 e. The van der Waals surface area contributed by atoms with Crippen LogP contribution in [0.15, 0.2) is 59.6 Å². The molecule has 0 bridgehead atoms. The van der Waals surface area contributed by atoms with E-state index in [9.17, 15) is 13.2 Å². The summed E-state index contributed by atoms with van der Waals surface area (Å²) >= 11 is 0. The maximum atomic E-state index is 12.6. The lowest BCUT2D eigenvalue weighted by atomic mass is 10.3. The molecular formula is C18H23N4O3S+. The van der Waals surface area contributed by atoms with Gasteiger partial charge in [0.1, 0.15) is 6.54 Å². The molecule has 26 heavy (non-hydrogen) atoms. The second-order valence-electron chi connectivity index (χ2n) is 6.12. The fraction of sp³-hybridized carbons (Fsp3) is 0.333. The van der Waals surface area contributed by atoms with Crippen molar-refractivity contribution in [3.8, 4) is 0 Å². The van der Waals surface area contributed by atoms with Crippen LogP contribution >= 0.6 is 0 Å². The van der Waals surface area contributed by atoms with Crippen LogP contribution in [0, 0.1) is 0 Å². The largest absolute Gasteiger partial charge is 0.335 e. The molecule has 0 unspecified atom stereocenters. The van der Waals surface area contributed by atoms with Crippen LogP contribution in [0.25, 0.3) is 0 Å². The molecule has 2 aromatic rings. The summed E-state index contributed by atoms with van der Waals surface area (Å²) in [5, 5.41) is 1.91. The average molecular weight is 375 g/mol. The Morgan fingerprint density at radius 1 is 1.00 bits per heavy atom. The molecule has 3 rings (SSSR count). The van der Waals surface area contributed by atoms with Crippen LogP contribution in [-0.2, 0) is 21.4 Å². The molecule has 1 saturated heterocycles. The molecule has 1 aromatic carbocycles. The SMILES string of the molecule is O=C(C[NH2+]Cc1ccccn1)N1CCN(S(=O)(=O)c2ccccc2)CC1. The number of piperazine rings is 1. The highest BCUT2D eigenvalue weighted by Gasteiger charge is 2.30. The predicted octanol–water partition coefficient (Wildman–Crippen LogP) is -0.322. The van der Waals surface area contributed by atoms with Crippen molar-refractivity contribution in [3.05, 3.63) is 60.4 Å². The standard InChI is InChI=1S/C18H22N4O3S/c23-18(15-19-14-16-6-4-5-9-20-16)21-10-12-22(13-11-21)26(24,25)17-7-2-1-3-8-17/h1-9,19H,10-15H2/p+1. The van der Waals surface area contributed by atoms with Gasteiger partial charge in [-0.25, -0.2) is 8.42 Å². The Bertz CT molecular complexity index is 820. The topological polar surface area (TPSA) is 87.2 Å². The van der Waals surface area contributed by atoms with E-state index in [-0.39, 0.29) is 5.91 Å². The molecule has 0 aliphatic carbocycles. The van der Waals surface area contributed by atoms with Crippen LogP contribution in [0.4, 0.5) is 0 Å². The van der Waals surface area contributed by atoms with Gasteiger partial charge < -0.3 is 10.2 Å². The summed E-state index contributed by atoms with van der Waals surface area (Å²) in [5.74, 6) is 0.0256. The molecule has 1 aliphatic heterocycles. The third kappa shape index (κ3) is 4.46. The van der Waals surface area contributed by atoms with Crippen LogP contribution in [0.2, 0.25) is 0 Å². The van der Waals surface area contributed by atoms with Crippen molar-refractivity contribution in [1.82, 2.24) is 14.2 Å². The molecule has 1 fully saturated rings. The number of nitrogens with zero attached hydrogens (tertiary/aromatic N) is 3. The number of pyridine rings is 1. The van der Waals surface area contributed by atoms with Gasteiger partial charge in [-0.15, -0.1) is 0 Å². The zero-order valence-electron chi connectivity index (χ0n) is 14.5. The molecule has 0 radical (unpaired) electrons. The van der Waals surface area contributed by atoms with Crippen LogP contribution < -0.4 is 5.32 Å². The molecule has 0 atom stereocenters. The van der Waals surface area contributed by atoms with Gasteiger partial charge in [-0.1, -0.05) is 24.3 Å². The Morgan fingerprint density at radius 2 is 1.69 bits per heavy atom. The summed E-state index contributed by atoms with van der Waals surface area (Å²) in [6, 6.07) is 14.1. The van der Waals surface area contributed by atoms with Crippen molar-refractivity contribution in [1.29, 1.82) is 0 Å². The second kappa shape index (κ2) is 8.39. The number of rotatable bonds is 6. The van der Waals surface area contributed by atoms with E-state index in [2.05, 4.69) is 4.98 Å². The highest BCUT2D eigenvalue weighted by molar-refractivity contribution is 7.89. The maximum Gasteiger partial charge on any atom is 0.277 e. The first-order valence-corrected chi connectivity index (χ1v) is 10.1. The number of aromatic nitrogens is 1. The van der Waals surface area contributed by atoms with Gasteiger partial charge >= 0.3 is 0 Å². The first kappa shape index (κ1) is 18.5. The summed E-state index contributed by atoms with van der Waals surface area (Å²) in [5.41, 5.74) is 0.930. The van der Waals surface area contributed by atoms with E-state index in [1.165, 1.54) is 4.31 Å². The number of hydrogen-bond acceptors (Lipinski definition) is 4. The van der Waals surface area contributed by atoms with Crippen molar-refractivity contribution in [2.75, 3.05) is 32.7 Å². The zero-order valence-corrected chi connectivity index (χ0v) is 15.3. The van der Waals surface area contributed by atoms with E-state index in [0.29, 0.717) is 44.2 Å². The molecule has 7 nitrogen and oxygen atoms in total. The van der Waals surface area contributed by atoms with Crippen LogP contribution in [-0.4, -0.2) is 61.2 Å². The summed E-state index contributed by atoms with van der Waals surface area (Å²) in [6.07, 6.45) is 1.73. The molecule has 2 N–H and O–H groups in total. The van der Waals surface area contributed by atoms with Crippen LogP contribution in [0.5, 0.6) is 0 Å². The lowest BCUT2D eigenvalue weighted by Gasteiger charge is -2.33. The number of carbonyl (C=O) groups is 1. The second-order valence-corrected chi connectivity index (χ2v) is 8.05. The van der Waals surface area contributed by atoms with Gasteiger partial charge in [-0.05, 0) is 24.3 Å². The third-order valence-electron chi connectivity index (χ3n) is 4.37. The Kier molecular flexibility index (Phi) is 5.97. The average Bonchev–Trinajstić information content (AvgIpc) is 2.69. The number of nitrogens with two attached hydrogens (primary N) is 1. The van der Waals surface area contributed by atoms with Gasteiger partial charge in [0.05, 0.1) is 10.6 Å². The van der Waals surface area contributed by atoms with Crippen molar-refractivity contribution in [2.24, 2.45) is 0 Å². The van der Waals surface area contributed by atoms with Gasteiger partial charge in [0.25, 0.3) is 5.91 Å². The molecule has 0 spiro atoms. The summed E-state index contributed by atoms with van der Waals surface area (Å²) < 4.78 is 26.7. The Morgan fingerprint density at radius 3 is 2.35 bits per heavy atom. The van der Waals surface area contributed by atoms with E-state index >= 15 is 0 Å². The number of quaternary nitrogens is 1. The van der Waals surface area contributed by atoms with Gasteiger partial charge in [-0.2, -0.15) is 4.31 Å². The fourth-order valence-electron chi connectivity index (χ4n) is 2.91. The zero-order chi connectivity index (χ0) is 18.4. The number of amides is 1. The van der Waals surface area contributed by atoms with Gasteiger partial charge in [0.2, 0.25) is 10.0 Å². The molecule has 1 aliphatic rings. The minimum Gasteiger partial charge on any atom is -0.335 e. The fourth-order valence-corrected chi connectivity index (χ4v) is 4.35. The molecule has 2 heterocycles. The highest BCUT2D eigenvalue weighted by Crippen LogP contribution is 2.17. The lowest BCUT2D eigenvalue weighted by molar-refractivity contribution is -0.661. The van der Waals surface area contributed by atoms with Crippen molar-refractivity contribution in [3.63, 3.8) is 0 Å². The molecule has 138 valence electrons. The van der Waals surface area contributed by atoms with Gasteiger partial charge in [-0.3, -0.25) is 9.78 Å². The monoisotopic (exact) mass is 375 g/mol. The van der Waals surface area contributed by atoms with Gasteiger partial charge in [0, 0.05) is 32.4 Å². The highest BCUT2D eigenvalue weighted by atomic mass is 32.2. The van der Waals surface area contributed by atoms with E-state index in [4.69, 9.17) is 0 Å². The number of benzene rings is 1. The number of sulfonamides is 1. The Labute approximate surface area is 153 Å². The normalized spacial score (nSPS) is 15.8. The summed E-state index contributed by atoms with van der Waals surface area (Å²) in [7, 11) is -3.48. The number of carbonyl (C=O) groups excluding carboxylic acids is 1. The molecule has 1 aromatic heterocycles. The van der Waals surface area contributed by atoms with E-state index < -0.39 is 10.0 Å². The summed E-state index contributed by atoms with van der Waals surface area (Å²) in [4.78, 5) is 18.6. The van der Waals surface area contributed by atoms with Crippen molar-refractivity contribution in [2.45, 2.75) is 11.4 Å². The third-order valence-corrected chi connectivity index (χ3v) is 6.28. The van der Waals surface area contributed by atoms with Crippen LogP contribution in [0.1, 0.15) is 5.69 Å². The van der Waals surface area contributed by atoms with E-state index in [0.717, 1.165) is 5.69 Å². The first-order valence-electron chi connectivity index (χ1n) is 8.62. The lowest BCUT2D eigenvalue weighted by Crippen LogP contribution is -2.85. The molecular weight excluding hydrogens is 352 g/mol.